The fraction of sp³-hybridized carbons (Fsp3) is 0. The van der Waals surface area contributed by atoms with Gasteiger partial charge in [-0.25, -0.2) is 0 Å². The molecule has 0 N–H and O–H groups in total. The van der Waals surface area contributed by atoms with Crippen molar-refractivity contribution in [2.75, 3.05) is 0 Å². The third kappa shape index (κ3) is 5.68. The van der Waals surface area contributed by atoms with E-state index in [1.165, 1.54) is 0 Å². The summed E-state index contributed by atoms with van der Waals surface area (Å²) in [7, 11) is 0. The van der Waals surface area contributed by atoms with Gasteiger partial charge in [-0.05, 0) is 17.2 Å². The molecule has 132 valence electrons. The molecule has 2 nitrogen and oxygen atoms in total. The van der Waals surface area contributed by atoms with Crippen LogP contribution in [0.1, 0.15) is 11.1 Å². The molecule has 0 heterocycles. The molecule has 3 aromatic rings. The van der Waals surface area contributed by atoms with Crippen molar-refractivity contribution in [1.29, 1.82) is 0 Å². The number of hydrogen-bond donors (Lipinski definition) is 0. The first kappa shape index (κ1) is 18.2. The van der Waals surface area contributed by atoms with E-state index in [1.54, 1.807) is 12.1 Å². The van der Waals surface area contributed by atoms with Gasteiger partial charge in [0.1, 0.15) is 0 Å². The van der Waals surface area contributed by atoms with E-state index in [0.29, 0.717) is 11.4 Å². The molecule has 0 saturated heterocycles. The van der Waals surface area contributed by atoms with Crippen LogP contribution >= 0.6 is 0 Å². The summed E-state index contributed by atoms with van der Waals surface area (Å²) in [6.07, 6.45) is 11.4. The molecule has 0 radical (unpaired) electrons. The number of nitrogens with zero attached hydrogens (tertiary/aromatic N) is 1. The summed E-state index contributed by atoms with van der Waals surface area (Å²) in [4.78, 5) is 0. The Morgan fingerprint density at radius 2 is 1.11 bits per heavy atom. The van der Waals surface area contributed by atoms with E-state index < -0.39 is 0 Å². The quantitative estimate of drug-likeness (QED) is 0.169. The molecular weight excluding hydrogens is 330 g/mol. The predicted molar refractivity (Wildman–Crippen MR) is 115 cm³/mol. The highest BCUT2D eigenvalue weighted by Gasteiger charge is 2.05. The summed E-state index contributed by atoms with van der Waals surface area (Å²) in [6.45, 7) is 0. The van der Waals surface area contributed by atoms with Crippen LogP contribution in [0.15, 0.2) is 115 Å². The van der Waals surface area contributed by atoms with Gasteiger partial charge >= 0.3 is 0 Å². The van der Waals surface area contributed by atoms with Gasteiger partial charge in [0, 0.05) is 24.3 Å². The Morgan fingerprint density at radius 3 is 1.70 bits per heavy atom. The molecule has 0 bridgehead atoms. The van der Waals surface area contributed by atoms with Crippen molar-refractivity contribution < 1.29 is 4.74 Å². The molecule has 0 atom stereocenters. The van der Waals surface area contributed by atoms with Crippen LogP contribution in [-0.2, 0) is 0 Å². The minimum atomic E-state index is 0.558. The van der Waals surface area contributed by atoms with Gasteiger partial charge < -0.3 is 5.21 Å². The summed E-state index contributed by atoms with van der Waals surface area (Å²) in [5.74, 6) is 0. The van der Waals surface area contributed by atoms with Crippen LogP contribution in [0.4, 0.5) is 5.69 Å². The van der Waals surface area contributed by atoms with Gasteiger partial charge in [-0.3, -0.25) is 0 Å². The van der Waals surface area contributed by atoms with E-state index in [2.05, 4.69) is 0 Å². The zero-order valence-corrected chi connectivity index (χ0v) is 15.0. The third-order valence-electron chi connectivity index (χ3n) is 3.94. The second-order valence-electron chi connectivity index (χ2n) is 5.93. The van der Waals surface area contributed by atoms with E-state index in [-0.39, 0.29) is 0 Å². The van der Waals surface area contributed by atoms with Gasteiger partial charge in [-0.2, -0.15) is 4.74 Å². The number of allylic oxidation sites excluding steroid dienone is 4. The van der Waals surface area contributed by atoms with Gasteiger partial charge in [0.2, 0.25) is 11.4 Å². The monoisotopic (exact) mass is 351 g/mol. The molecule has 0 aliphatic rings. The standard InChI is InChI=1S/C25H21NO/c27-26(24-17-8-3-9-18-24)25(21-20-23-14-6-2-7-15-23)19-11-10-16-22-12-4-1-5-13-22/h1-21H/b16-10+,19-11+,21-20+,26-25+. The van der Waals surface area contributed by atoms with Crippen molar-refractivity contribution in [3.05, 3.63) is 132 Å². The second-order valence-corrected chi connectivity index (χ2v) is 5.93. The highest BCUT2D eigenvalue weighted by molar-refractivity contribution is 6.03. The van der Waals surface area contributed by atoms with Crippen molar-refractivity contribution >= 4 is 23.6 Å². The highest BCUT2D eigenvalue weighted by atomic mass is 16.5. The molecule has 0 fully saturated rings. The maximum absolute atomic E-state index is 12.8. The molecule has 0 aliphatic heterocycles. The van der Waals surface area contributed by atoms with E-state index in [1.807, 2.05) is 115 Å². The average molecular weight is 351 g/mol. The van der Waals surface area contributed by atoms with Crippen LogP contribution in [-0.4, -0.2) is 10.5 Å². The number of rotatable bonds is 6. The minimum absolute atomic E-state index is 0.558. The lowest BCUT2D eigenvalue weighted by atomic mass is 10.1. The Bertz CT molecular complexity index is 953. The van der Waals surface area contributed by atoms with Gasteiger partial charge in [0.05, 0.1) is 0 Å². The Morgan fingerprint density at radius 1 is 0.593 bits per heavy atom. The lowest BCUT2D eigenvalue weighted by Crippen LogP contribution is -2.06. The van der Waals surface area contributed by atoms with Crippen LogP contribution in [0.25, 0.3) is 12.2 Å². The normalized spacial score (nSPS) is 12.7. The molecule has 0 aliphatic carbocycles. The Balaban J connectivity index is 1.86. The van der Waals surface area contributed by atoms with Crippen molar-refractivity contribution in [3.8, 4) is 0 Å². The molecule has 0 spiro atoms. The first-order chi connectivity index (χ1) is 13.3. The molecule has 3 rings (SSSR count). The smallest absolute Gasteiger partial charge is 0.217 e. The first-order valence-corrected chi connectivity index (χ1v) is 8.85. The van der Waals surface area contributed by atoms with Crippen LogP contribution in [0.2, 0.25) is 0 Å². The molecule has 2 heteroatoms. The maximum Gasteiger partial charge on any atom is 0.217 e. The molecule has 3 aromatic carbocycles. The van der Waals surface area contributed by atoms with Crippen molar-refractivity contribution in [3.63, 3.8) is 0 Å². The number of benzene rings is 3. The lowest BCUT2D eigenvalue weighted by molar-refractivity contribution is -0.358. The maximum atomic E-state index is 12.8. The van der Waals surface area contributed by atoms with Crippen LogP contribution < -0.4 is 0 Å². The lowest BCUT2D eigenvalue weighted by Gasteiger charge is -2.05. The van der Waals surface area contributed by atoms with Crippen LogP contribution in [0, 0.1) is 5.21 Å². The van der Waals surface area contributed by atoms with E-state index >= 15 is 0 Å². The summed E-state index contributed by atoms with van der Waals surface area (Å²) in [5.41, 5.74) is 3.32. The molecule has 0 saturated carbocycles. The highest BCUT2D eigenvalue weighted by Crippen LogP contribution is 2.11. The van der Waals surface area contributed by atoms with Crippen LogP contribution in [0.5, 0.6) is 0 Å². The molecular formula is C25H21NO. The number of hydrogen-bond acceptors (Lipinski definition) is 1. The zero-order chi connectivity index (χ0) is 18.7. The Hall–Kier alpha value is -3.65. The molecule has 0 aromatic heterocycles. The summed E-state index contributed by atoms with van der Waals surface area (Å²) in [6, 6.07) is 29.2. The van der Waals surface area contributed by atoms with E-state index in [9.17, 15) is 5.21 Å². The minimum Gasteiger partial charge on any atom is -0.618 e. The Kier molecular flexibility index (Phi) is 6.54. The molecule has 27 heavy (non-hydrogen) atoms. The topological polar surface area (TPSA) is 26.1 Å². The van der Waals surface area contributed by atoms with Crippen molar-refractivity contribution in [2.24, 2.45) is 0 Å². The first-order valence-electron chi connectivity index (χ1n) is 8.85. The van der Waals surface area contributed by atoms with Gasteiger partial charge in [-0.1, -0.05) is 97.1 Å². The average Bonchev–Trinajstić information content (AvgIpc) is 2.75. The van der Waals surface area contributed by atoms with E-state index in [0.717, 1.165) is 15.9 Å². The molecule has 0 unspecified atom stereocenters. The largest absolute Gasteiger partial charge is 0.618 e. The van der Waals surface area contributed by atoms with E-state index in [4.69, 9.17) is 0 Å². The third-order valence-corrected chi connectivity index (χ3v) is 3.94. The number of para-hydroxylation sites is 1. The van der Waals surface area contributed by atoms with Gasteiger partial charge in [0.25, 0.3) is 0 Å². The summed E-state index contributed by atoms with van der Waals surface area (Å²) < 4.78 is 0.937. The second kappa shape index (κ2) is 9.73. The van der Waals surface area contributed by atoms with Gasteiger partial charge in [0.15, 0.2) is 0 Å². The van der Waals surface area contributed by atoms with Crippen molar-refractivity contribution in [2.45, 2.75) is 0 Å². The fourth-order valence-electron chi connectivity index (χ4n) is 2.53. The summed E-state index contributed by atoms with van der Waals surface area (Å²) in [5, 5.41) is 12.8. The fourth-order valence-corrected chi connectivity index (χ4v) is 2.53. The SMILES string of the molecule is [O-]/[N+](=C(\C=C\C=C\c1ccccc1)/C=C/c1ccccc1)c1ccccc1. The molecule has 0 amide bonds. The summed E-state index contributed by atoms with van der Waals surface area (Å²) >= 11 is 0. The van der Waals surface area contributed by atoms with Crippen molar-refractivity contribution in [1.82, 2.24) is 0 Å². The van der Waals surface area contributed by atoms with Gasteiger partial charge in [-0.15, -0.1) is 0 Å². The zero-order valence-electron chi connectivity index (χ0n) is 15.0. The Labute approximate surface area is 160 Å². The van der Waals surface area contributed by atoms with Crippen LogP contribution in [0.3, 0.4) is 0 Å². The predicted octanol–water partition coefficient (Wildman–Crippen LogP) is 6.25.